The average Bonchev–Trinajstić information content (AvgIpc) is 3.53. The highest BCUT2D eigenvalue weighted by Crippen LogP contribution is 2.31. The number of hydrogen-bond acceptors (Lipinski definition) is 5. The molecule has 0 bridgehead atoms. The molecule has 0 amide bonds. The van der Waals surface area contributed by atoms with E-state index in [2.05, 4.69) is 44.8 Å². The molecular weight excluding hydrogens is 414 g/mol. The zero-order valence-corrected chi connectivity index (χ0v) is 19.7. The summed E-state index contributed by atoms with van der Waals surface area (Å²) in [5.74, 6) is 2.77. The molecule has 3 heterocycles. The van der Waals surface area contributed by atoms with Crippen molar-refractivity contribution in [1.82, 2.24) is 30.1 Å². The number of likely N-dealkylation sites (tertiary alicyclic amines) is 1. The number of aromatic nitrogens is 3. The van der Waals surface area contributed by atoms with Crippen molar-refractivity contribution in [2.24, 2.45) is 4.99 Å². The maximum absolute atomic E-state index is 5.67. The average molecular weight is 450 g/mol. The summed E-state index contributed by atoms with van der Waals surface area (Å²) >= 11 is 0. The summed E-state index contributed by atoms with van der Waals surface area (Å²) in [5.41, 5.74) is 2.10. The van der Waals surface area contributed by atoms with Crippen molar-refractivity contribution in [3.63, 3.8) is 0 Å². The van der Waals surface area contributed by atoms with E-state index in [1.165, 1.54) is 18.4 Å². The number of ether oxygens (including phenoxy) is 1. The van der Waals surface area contributed by atoms with Gasteiger partial charge in [-0.15, -0.1) is 10.2 Å². The van der Waals surface area contributed by atoms with Gasteiger partial charge in [-0.25, -0.2) is 0 Å². The summed E-state index contributed by atoms with van der Waals surface area (Å²) in [5, 5.41) is 15.4. The van der Waals surface area contributed by atoms with Crippen LogP contribution in [0.15, 0.2) is 53.7 Å². The van der Waals surface area contributed by atoms with E-state index in [1.807, 2.05) is 40.9 Å². The van der Waals surface area contributed by atoms with Crippen molar-refractivity contribution >= 4 is 11.6 Å². The van der Waals surface area contributed by atoms with E-state index in [4.69, 9.17) is 9.73 Å². The van der Waals surface area contributed by atoms with Gasteiger partial charge in [-0.1, -0.05) is 24.3 Å². The summed E-state index contributed by atoms with van der Waals surface area (Å²) in [4.78, 5) is 7.49. The molecule has 0 radical (unpaired) electrons. The van der Waals surface area contributed by atoms with Gasteiger partial charge in [-0.2, -0.15) is 0 Å². The van der Waals surface area contributed by atoms with E-state index in [-0.39, 0.29) is 6.04 Å². The predicted molar refractivity (Wildman–Crippen MR) is 132 cm³/mol. The van der Waals surface area contributed by atoms with Crippen LogP contribution in [-0.2, 0) is 6.42 Å². The van der Waals surface area contributed by atoms with Crippen molar-refractivity contribution in [3.05, 3.63) is 60.0 Å². The third-order valence-electron chi connectivity index (χ3n) is 6.10. The summed E-state index contributed by atoms with van der Waals surface area (Å²) in [7, 11) is 1.74. The molecule has 1 aromatic carbocycles. The van der Waals surface area contributed by atoms with Crippen molar-refractivity contribution in [1.29, 1.82) is 0 Å². The third kappa shape index (κ3) is 5.82. The number of nitrogens with one attached hydrogen (secondary N) is 2. The molecule has 2 N–H and O–H groups in total. The van der Waals surface area contributed by atoms with Crippen LogP contribution in [-0.4, -0.2) is 65.3 Å². The largest absolute Gasteiger partial charge is 0.496 e. The quantitative estimate of drug-likeness (QED) is 0.281. The van der Waals surface area contributed by atoms with E-state index >= 15 is 0 Å². The normalized spacial score (nSPS) is 15.6. The van der Waals surface area contributed by atoms with Gasteiger partial charge in [-0.3, -0.25) is 14.3 Å². The van der Waals surface area contributed by atoms with Crippen molar-refractivity contribution < 1.29 is 4.74 Å². The predicted octanol–water partition coefficient (Wildman–Crippen LogP) is 3.06. The number of aryl methyl sites for hydroxylation is 1. The Bertz CT molecular complexity index is 1040. The lowest BCUT2D eigenvalue weighted by Crippen LogP contribution is -2.39. The Morgan fingerprint density at radius 1 is 1.09 bits per heavy atom. The lowest BCUT2D eigenvalue weighted by atomic mass is 10.0. The van der Waals surface area contributed by atoms with Crippen LogP contribution in [0.2, 0.25) is 0 Å². The monoisotopic (exact) mass is 449 g/mol. The summed E-state index contributed by atoms with van der Waals surface area (Å²) in [6, 6.07) is 14.5. The Labute approximate surface area is 196 Å². The van der Waals surface area contributed by atoms with Crippen LogP contribution in [0.25, 0.3) is 5.65 Å². The standard InChI is InChI=1S/C25H35N7O/c1-3-26-25(27-15-10-14-24-30-29-23-13-6-7-18-32(23)24)28-19-21(31-16-8-9-17-31)20-11-4-5-12-22(20)33-2/h4-7,11-13,18,21H,3,8-10,14-17,19H2,1-2H3,(H2,26,27,28). The minimum absolute atomic E-state index is 0.210. The first kappa shape index (κ1) is 23.0. The second kappa shape index (κ2) is 11.7. The van der Waals surface area contributed by atoms with Gasteiger partial charge >= 0.3 is 0 Å². The number of rotatable bonds is 10. The fraction of sp³-hybridized carbons (Fsp3) is 0.480. The molecule has 1 atom stereocenters. The third-order valence-corrected chi connectivity index (χ3v) is 6.10. The fourth-order valence-electron chi connectivity index (χ4n) is 4.44. The molecule has 1 aliphatic heterocycles. The first-order valence-electron chi connectivity index (χ1n) is 12.0. The Balaban J connectivity index is 1.39. The second-order valence-corrected chi connectivity index (χ2v) is 8.30. The van der Waals surface area contributed by atoms with E-state index < -0.39 is 0 Å². The van der Waals surface area contributed by atoms with Gasteiger partial charge in [0.05, 0.1) is 19.7 Å². The molecule has 2 aromatic heterocycles. The molecule has 0 saturated carbocycles. The molecule has 176 valence electrons. The van der Waals surface area contributed by atoms with Crippen LogP contribution < -0.4 is 15.4 Å². The van der Waals surface area contributed by atoms with Gasteiger partial charge in [-0.05, 0) is 57.5 Å². The second-order valence-electron chi connectivity index (χ2n) is 8.30. The molecule has 4 rings (SSSR count). The Kier molecular flexibility index (Phi) is 8.14. The first-order chi connectivity index (χ1) is 16.3. The number of nitrogens with zero attached hydrogens (tertiary/aromatic N) is 5. The maximum atomic E-state index is 5.67. The summed E-state index contributed by atoms with van der Waals surface area (Å²) in [6.45, 7) is 6.63. The Morgan fingerprint density at radius 3 is 2.73 bits per heavy atom. The van der Waals surface area contributed by atoms with Gasteiger partial charge in [0.25, 0.3) is 0 Å². The van der Waals surface area contributed by atoms with Crippen LogP contribution >= 0.6 is 0 Å². The van der Waals surface area contributed by atoms with E-state index in [0.717, 1.165) is 62.2 Å². The molecule has 8 nitrogen and oxygen atoms in total. The van der Waals surface area contributed by atoms with E-state index in [9.17, 15) is 0 Å². The minimum atomic E-state index is 0.210. The molecule has 1 saturated heterocycles. The number of para-hydroxylation sites is 1. The lowest BCUT2D eigenvalue weighted by Gasteiger charge is -2.28. The number of hydrogen-bond donors (Lipinski definition) is 2. The molecule has 33 heavy (non-hydrogen) atoms. The Hall–Kier alpha value is -3.13. The fourth-order valence-corrected chi connectivity index (χ4v) is 4.44. The van der Waals surface area contributed by atoms with E-state index in [0.29, 0.717) is 6.54 Å². The number of fused-ring (bicyclic) bond motifs is 1. The number of guanidine groups is 1. The lowest BCUT2D eigenvalue weighted by molar-refractivity contribution is 0.245. The van der Waals surface area contributed by atoms with Crippen LogP contribution in [0.4, 0.5) is 0 Å². The van der Waals surface area contributed by atoms with Crippen LogP contribution in [0, 0.1) is 0 Å². The number of benzene rings is 1. The molecule has 1 fully saturated rings. The minimum Gasteiger partial charge on any atom is -0.496 e. The van der Waals surface area contributed by atoms with Crippen LogP contribution in [0.3, 0.4) is 0 Å². The van der Waals surface area contributed by atoms with E-state index in [1.54, 1.807) is 7.11 Å². The van der Waals surface area contributed by atoms with Crippen molar-refractivity contribution in [2.75, 3.05) is 39.8 Å². The topological polar surface area (TPSA) is 79.1 Å². The maximum Gasteiger partial charge on any atom is 0.191 e. The molecular formula is C25H35N7O. The summed E-state index contributed by atoms with van der Waals surface area (Å²) < 4.78 is 7.71. The van der Waals surface area contributed by atoms with Gasteiger partial charge < -0.3 is 15.4 Å². The smallest absolute Gasteiger partial charge is 0.191 e. The molecule has 3 aromatic rings. The van der Waals surface area contributed by atoms with Gasteiger partial charge in [0, 0.05) is 31.3 Å². The van der Waals surface area contributed by atoms with Crippen molar-refractivity contribution in [3.8, 4) is 5.75 Å². The highest BCUT2D eigenvalue weighted by atomic mass is 16.5. The van der Waals surface area contributed by atoms with Crippen molar-refractivity contribution in [2.45, 2.75) is 38.6 Å². The SMILES string of the molecule is CCNC(=NCC(c1ccccc1OC)N1CCCC1)NCCCc1nnc2ccccn12. The summed E-state index contributed by atoms with van der Waals surface area (Å²) in [6.07, 6.45) is 6.30. The highest BCUT2D eigenvalue weighted by molar-refractivity contribution is 5.79. The molecule has 0 spiro atoms. The zero-order chi connectivity index (χ0) is 22.9. The Morgan fingerprint density at radius 2 is 1.91 bits per heavy atom. The molecule has 0 aliphatic carbocycles. The molecule has 1 aliphatic rings. The van der Waals surface area contributed by atoms with Gasteiger partial charge in [0.2, 0.25) is 0 Å². The number of pyridine rings is 1. The highest BCUT2D eigenvalue weighted by Gasteiger charge is 2.25. The number of methoxy groups -OCH3 is 1. The number of aliphatic imine (C=N–C) groups is 1. The molecule has 1 unspecified atom stereocenters. The molecule has 8 heteroatoms. The van der Waals surface area contributed by atoms with Gasteiger partial charge in [0.1, 0.15) is 11.6 Å². The zero-order valence-electron chi connectivity index (χ0n) is 19.7. The van der Waals surface area contributed by atoms with Gasteiger partial charge in [0.15, 0.2) is 11.6 Å². The van der Waals surface area contributed by atoms with Crippen LogP contribution in [0.5, 0.6) is 5.75 Å². The first-order valence-corrected chi connectivity index (χ1v) is 12.0. The van der Waals surface area contributed by atoms with Crippen LogP contribution in [0.1, 0.15) is 43.6 Å².